The van der Waals surface area contributed by atoms with Crippen LogP contribution in [0.5, 0.6) is 0 Å². The summed E-state index contributed by atoms with van der Waals surface area (Å²) in [5.74, 6) is 4.61. The fraction of sp³-hybridized carbons (Fsp3) is 1.00. The van der Waals surface area contributed by atoms with Crippen molar-refractivity contribution in [1.29, 1.82) is 0 Å². The first-order valence-electron chi connectivity index (χ1n) is 7.33. The van der Waals surface area contributed by atoms with Crippen molar-refractivity contribution in [1.82, 2.24) is 10.2 Å². The maximum absolute atomic E-state index is 3.70. The lowest BCUT2D eigenvalue weighted by Gasteiger charge is -2.38. The van der Waals surface area contributed by atoms with Gasteiger partial charge in [-0.1, -0.05) is 13.8 Å². The third kappa shape index (κ3) is 4.15. The molecule has 2 heterocycles. The van der Waals surface area contributed by atoms with Gasteiger partial charge in [-0.25, -0.2) is 0 Å². The Kier molecular flexibility index (Phi) is 5.64. The van der Waals surface area contributed by atoms with Gasteiger partial charge in [-0.05, 0) is 55.7 Å². The van der Waals surface area contributed by atoms with Gasteiger partial charge in [0.05, 0.1) is 0 Å². The van der Waals surface area contributed by atoms with Crippen LogP contribution in [0.25, 0.3) is 0 Å². The lowest BCUT2D eigenvalue weighted by Crippen LogP contribution is -2.49. The van der Waals surface area contributed by atoms with Crippen LogP contribution in [-0.4, -0.2) is 48.6 Å². The monoisotopic (exact) mass is 256 g/mol. The fourth-order valence-electron chi connectivity index (χ4n) is 3.12. The van der Waals surface area contributed by atoms with E-state index in [1.165, 1.54) is 56.9 Å². The molecule has 3 unspecified atom stereocenters. The van der Waals surface area contributed by atoms with Crippen LogP contribution in [0.3, 0.4) is 0 Å². The second kappa shape index (κ2) is 7.01. The molecule has 100 valence electrons. The predicted octanol–water partition coefficient (Wildman–Crippen LogP) is 2.45. The summed E-state index contributed by atoms with van der Waals surface area (Å²) in [7, 11) is 0. The lowest BCUT2D eigenvalue weighted by molar-refractivity contribution is 0.133. The lowest BCUT2D eigenvalue weighted by atomic mass is 9.93. The Bertz CT molecular complexity index is 216. The summed E-state index contributed by atoms with van der Waals surface area (Å²) < 4.78 is 0. The molecule has 0 bridgehead atoms. The molecule has 17 heavy (non-hydrogen) atoms. The van der Waals surface area contributed by atoms with E-state index in [1.54, 1.807) is 0 Å². The highest BCUT2D eigenvalue weighted by molar-refractivity contribution is 7.99. The van der Waals surface area contributed by atoms with Gasteiger partial charge in [0.25, 0.3) is 0 Å². The maximum Gasteiger partial charge on any atom is 0.0117 e. The average Bonchev–Trinajstić information content (AvgIpc) is 2.81. The topological polar surface area (TPSA) is 15.3 Å². The van der Waals surface area contributed by atoms with E-state index in [0.29, 0.717) is 0 Å². The summed E-state index contributed by atoms with van der Waals surface area (Å²) in [6.07, 6.45) is 4.06. The van der Waals surface area contributed by atoms with Crippen LogP contribution < -0.4 is 5.32 Å². The summed E-state index contributed by atoms with van der Waals surface area (Å²) in [6.45, 7) is 9.84. The van der Waals surface area contributed by atoms with Gasteiger partial charge in [-0.15, -0.1) is 0 Å². The van der Waals surface area contributed by atoms with E-state index in [4.69, 9.17) is 0 Å². The van der Waals surface area contributed by atoms with Crippen molar-refractivity contribution in [2.24, 2.45) is 11.8 Å². The van der Waals surface area contributed by atoms with Gasteiger partial charge < -0.3 is 10.2 Å². The van der Waals surface area contributed by atoms with Crippen LogP contribution in [0.1, 0.15) is 33.1 Å². The first-order valence-corrected chi connectivity index (χ1v) is 8.48. The van der Waals surface area contributed by atoms with Crippen molar-refractivity contribution in [3.63, 3.8) is 0 Å². The van der Waals surface area contributed by atoms with Crippen molar-refractivity contribution >= 4 is 11.8 Å². The summed E-state index contributed by atoms with van der Waals surface area (Å²) in [5, 5.41) is 3.70. The van der Waals surface area contributed by atoms with Crippen LogP contribution in [-0.2, 0) is 0 Å². The number of likely N-dealkylation sites (tertiary alicyclic amines) is 1. The second-order valence-electron chi connectivity index (χ2n) is 5.82. The highest BCUT2D eigenvalue weighted by Gasteiger charge is 2.27. The van der Waals surface area contributed by atoms with E-state index in [-0.39, 0.29) is 0 Å². The molecule has 2 rings (SSSR count). The minimum Gasteiger partial charge on any atom is -0.314 e. The van der Waals surface area contributed by atoms with Gasteiger partial charge in [0.2, 0.25) is 0 Å². The SMILES string of the molecule is CCCNC1CCN(CC2CCSC2)CC1C. The van der Waals surface area contributed by atoms with Gasteiger partial charge in [-0.2, -0.15) is 11.8 Å². The highest BCUT2D eigenvalue weighted by atomic mass is 32.2. The minimum absolute atomic E-state index is 0.768. The summed E-state index contributed by atoms with van der Waals surface area (Å²) in [4.78, 5) is 2.71. The molecule has 2 nitrogen and oxygen atoms in total. The molecule has 0 radical (unpaired) electrons. The number of nitrogens with zero attached hydrogens (tertiary/aromatic N) is 1. The Morgan fingerprint density at radius 2 is 2.24 bits per heavy atom. The van der Waals surface area contributed by atoms with Crippen molar-refractivity contribution in [2.75, 3.05) is 37.7 Å². The Labute approximate surface area is 111 Å². The zero-order chi connectivity index (χ0) is 12.1. The third-order valence-corrected chi connectivity index (χ3v) is 5.42. The van der Waals surface area contributed by atoms with Crippen LogP contribution in [0, 0.1) is 11.8 Å². The Morgan fingerprint density at radius 3 is 2.88 bits per heavy atom. The van der Waals surface area contributed by atoms with E-state index < -0.39 is 0 Å². The normalized spacial score (nSPS) is 35.3. The maximum atomic E-state index is 3.70. The zero-order valence-electron chi connectivity index (χ0n) is 11.5. The Balaban J connectivity index is 1.70. The van der Waals surface area contributed by atoms with E-state index in [1.807, 2.05) is 0 Å². The number of hydrogen-bond acceptors (Lipinski definition) is 3. The number of hydrogen-bond donors (Lipinski definition) is 1. The first-order chi connectivity index (χ1) is 8.29. The molecule has 2 fully saturated rings. The predicted molar refractivity (Wildman–Crippen MR) is 77.7 cm³/mol. The third-order valence-electron chi connectivity index (χ3n) is 4.19. The molecule has 0 aliphatic carbocycles. The van der Waals surface area contributed by atoms with Gasteiger partial charge in [0.15, 0.2) is 0 Å². The molecule has 2 aliphatic heterocycles. The van der Waals surface area contributed by atoms with Crippen LogP contribution in [0.4, 0.5) is 0 Å². The van der Waals surface area contributed by atoms with Gasteiger partial charge in [0.1, 0.15) is 0 Å². The number of nitrogens with one attached hydrogen (secondary N) is 1. The molecule has 0 spiro atoms. The summed E-state index contributed by atoms with van der Waals surface area (Å²) in [6, 6.07) is 0.768. The molecule has 1 N–H and O–H groups in total. The molecule has 0 aromatic rings. The second-order valence-corrected chi connectivity index (χ2v) is 6.97. The van der Waals surface area contributed by atoms with Crippen molar-refractivity contribution in [3.05, 3.63) is 0 Å². The molecular weight excluding hydrogens is 228 g/mol. The molecule has 3 heteroatoms. The Morgan fingerprint density at radius 1 is 1.35 bits per heavy atom. The van der Waals surface area contributed by atoms with E-state index in [2.05, 4.69) is 35.8 Å². The summed E-state index contributed by atoms with van der Waals surface area (Å²) >= 11 is 2.14. The van der Waals surface area contributed by atoms with Gasteiger partial charge in [0, 0.05) is 19.1 Å². The number of rotatable bonds is 5. The summed E-state index contributed by atoms with van der Waals surface area (Å²) in [5.41, 5.74) is 0. The van der Waals surface area contributed by atoms with E-state index in [0.717, 1.165) is 17.9 Å². The van der Waals surface area contributed by atoms with E-state index >= 15 is 0 Å². The van der Waals surface area contributed by atoms with Crippen LogP contribution in [0.15, 0.2) is 0 Å². The molecule has 0 amide bonds. The fourth-order valence-corrected chi connectivity index (χ4v) is 4.40. The first kappa shape index (κ1) is 13.7. The molecule has 3 atom stereocenters. The van der Waals surface area contributed by atoms with Crippen LogP contribution >= 0.6 is 11.8 Å². The van der Waals surface area contributed by atoms with Gasteiger partial charge >= 0.3 is 0 Å². The smallest absolute Gasteiger partial charge is 0.0117 e. The minimum atomic E-state index is 0.768. The van der Waals surface area contributed by atoms with Crippen LogP contribution in [0.2, 0.25) is 0 Å². The Hall–Kier alpha value is 0.270. The highest BCUT2D eigenvalue weighted by Crippen LogP contribution is 2.26. The molecule has 0 aromatic heterocycles. The number of thioether (sulfide) groups is 1. The molecule has 2 aliphatic rings. The van der Waals surface area contributed by atoms with Crippen molar-refractivity contribution in [3.8, 4) is 0 Å². The molecule has 0 aromatic carbocycles. The number of piperidine rings is 1. The van der Waals surface area contributed by atoms with Crippen molar-refractivity contribution < 1.29 is 0 Å². The zero-order valence-corrected chi connectivity index (χ0v) is 12.3. The van der Waals surface area contributed by atoms with Gasteiger partial charge in [-0.3, -0.25) is 0 Å². The van der Waals surface area contributed by atoms with Crippen molar-refractivity contribution in [2.45, 2.75) is 39.2 Å². The molecule has 0 saturated carbocycles. The average molecular weight is 256 g/mol. The largest absolute Gasteiger partial charge is 0.314 e. The quantitative estimate of drug-likeness (QED) is 0.813. The molecular formula is C14H28N2S. The van der Waals surface area contributed by atoms with E-state index in [9.17, 15) is 0 Å². The standard InChI is InChI=1S/C14H28N2S/c1-3-6-15-14-4-7-16(9-12(14)2)10-13-5-8-17-11-13/h12-15H,3-11H2,1-2H3. The molecule has 2 saturated heterocycles.